The number of allylic oxidation sites excluding steroid dienone is 1. The van der Waals surface area contributed by atoms with Crippen molar-refractivity contribution in [1.82, 2.24) is 9.78 Å². The van der Waals surface area contributed by atoms with E-state index in [-0.39, 0.29) is 11.8 Å². The van der Waals surface area contributed by atoms with Gasteiger partial charge in [-0.15, -0.1) is 0 Å². The molecule has 3 aromatic carbocycles. The van der Waals surface area contributed by atoms with Gasteiger partial charge in [0.2, 0.25) is 0 Å². The number of benzene rings is 3. The Balaban J connectivity index is 1.53. The van der Waals surface area contributed by atoms with E-state index in [1.54, 1.807) is 55.1 Å². The molecule has 0 unspecified atom stereocenters. The largest absolute Gasteiger partial charge is 0.497 e. The van der Waals surface area contributed by atoms with Crippen LogP contribution >= 0.6 is 11.6 Å². The summed E-state index contributed by atoms with van der Waals surface area (Å²) >= 11 is 6.32. The van der Waals surface area contributed by atoms with Crippen molar-refractivity contribution in [3.05, 3.63) is 112 Å². The molecule has 186 valence electrons. The lowest BCUT2D eigenvalue weighted by Gasteiger charge is -2.30. The maximum absolute atomic E-state index is 13.6. The second kappa shape index (κ2) is 10.2. The summed E-state index contributed by atoms with van der Waals surface area (Å²) in [4.78, 5) is 26.7. The van der Waals surface area contributed by atoms with Crippen molar-refractivity contribution < 1.29 is 14.3 Å². The van der Waals surface area contributed by atoms with Gasteiger partial charge in [0.1, 0.15) is 23.2 Å². The summed E-state index contributed by atoms with van der Waals surface area (Å²) in [6, 6.07) is 22.9. The molecule has 9 heteroatoms. The van der Waals surface area contributed by atoms with Crippen LogP contribution in [0.25, 0.3) is 0 Å². The quantitative estimate of drug-likeness (QED) is 0.306. The van der Waals surface area contributed by atoms with Crippen LogP contribution in [0.1, 0.15) is 28.9 Å². The Morgan fingerprint density at radius 1 is 0.946 bits per heavy atom. The Hall–Kier alpha value is -4.56. The Bertz CT molecular complexity index is 1500. The van der Waals surface area contributed by atoms with Crippen LogP contribution in [0.4, 0.5) is 17.2 Å². The number of aromatic nitrogens is 2. The van der Waals surface area contributed by atoms with Crippen LogP contribution in [-0.4, -0.2) is 28.7 Å². The van der Waals surface area contributed by atoms with Crippen molar-refractivity contribution in [2.75, 3.05) is 23.1 Å². The number of methoxy groups -OCH3 is 1. The summed E-state index contributed by atoms with van der Waals surface area (Å²) in [6.07, 6.45) is 1.50. The number of carbonyl (C=O) groups is 2. The van der Waals surface area contributed by atoms with Crippen molar-refractivity contribution in [3.63, 3.8) is 0 Å². The first-order valence-corrected chi connectivity index (χ1v) is 11.9. The second-order valence-corrected chi connectivity index (χ2v) is 8.91. The number of amides is 2. The van der Waals surface area contributed by atoms with E-state index in [1.165, 1.54) is 6.20 Å². The zero-order valence-corrected chi connectivity index (χ0v) is 20.9. The van der Waals surface area contributed by atoms with Crippen LogP contribution in [0.2, 0.25) is 5.02 Å². The van der Waals surface area contributed by atoms with Crippen molar-refractivity contribution >= 4 is 40.6 Å². The third-order valence-corrected chi connectivity index (χ3v) is 6.29. The van der Waals surface area contributed by atoms with Crippen LogP contribution < -0.4 is 20.7 Å². The lowest BCUT2D eigenvalue weighted by Crippen LogP contribution is -2.32. The summed E-state index contributed by atoms with van der Waals surface area (Å²) in [5.74, 6) is 0.546. The highest BCUT2D eigenvalue weighted by atomic mass is 35.5. The van der Waals surface area contributed by atoms with Crippen LogP contribution in [0.15, 0.2) is 96.3 Å². The first kappa shape index (κ1) is 24.1. The highest BCUT2D eigenvalue weighted by Gasteiger charge is 2.35. The van der Waals surface area contributed by atoms with Gasteiger partial charge in [0, 0.05) is 22.1 Å². The monoisotopic (exact) mass is 513 g/mol. The van der Waals surface area contributed by atoms with Gasteiger partial charge >= 0.3 is 0 Å². The van der Waals surface area contributed by atoms with E-state index >= 15 is 0 Å². The van der Waals surface area contributed by atoms with Gasteiger partial charge in [0.15, 0.2) is 0 Å². The van der Waals surface area contributed by atoms with Crippen molar-refractivity contribution in [2.24, 2.45) is 0 Å². The molecule has 1 aliphatic heterocycles. The lowest BCUT2D eigenvalue weighted by atomic mass is 9.94. The first-order valence-electron chi connectivity index (χ1n) is 11.6. The Morgan fingerprint density at radius 2 is 1.65 bits per heavy atom. The van der Waals surface area contributed by atoms with Gasteiger partial charge in [-0.25, -0.2) is 4.68 Å². The van der Waals surface area contributed by atoms with Crippen LogP contribution in [0.5, 0.6) is 5.75 Å². The Morgan fingerprint density at radius 3 is 2.35 bits per heavy atom. The average molecular weight is 514 g/mol. The molecule has 0 bridgehead atoms. The number of para-hydroxylation sites is 1. The minimum Gasteiger partial charge on any atom is -0.497 e. The number of halogens is 1. The number of hydrogen-bond acceptors (Lipinski definition) is 5. The zero-order chi connectivity index (χ0) is 25.9. The molecule has 8 nitrogen and oxygen atoms in total. The number of carbonyl (C=O) groups excluding carboxylic acids is 2. The van der Waals surface area contributed by atoms with Crippen LogP contribution in [0.3, 0.4) is 0 Å². The minimum absolute atomic E-state index is 0.309. The van der Waals surface area contributed by atoms with Crippen LogP contribution in [0, 0.1) is 0 Å². The zero-order valence-electron chi connectivity index (χ0n) is 20.2. The maximum atomic E-state index is 13.6. The lowest BCUT2D eigenvalue weighted by molar-refractivity contribution is -0.113. The SMILES string of the molecule is COc1ccc(NC(=O)C2=C(C)Nc3c(C(=O)Nc4ccccc4)cnn3[C@H]2c2cccc(Cl)c2)cc1. The average Bonchev–Trinajstić information content (AvgIpc) is 3.32. The predicted molar refractivity (Wildman–Crippen MR) is 144 cm³/mol. The highest BCUT2D eigenvalue weighted by Crippen LogP contribution is 2.38. The second-order valence-electron chi connectivity index (χ2n) is 8.48. The van der Waals surface area contributed by atoms with E-state index in [0.29, 0.717) is 44.8 Å². The van der Waals surface area contributed by atoms with Crippen LogP contribution in [-0.2, 0) is 4.79 Å². The summed E-state index contributed by atoms with van der Waals surface area (Å²) in [6.45, 7) is 1.80. The van der Waals surface area contributed by atoms with E-state index in [9.17, 15) is 9.59 Å². The van der Waals surface area contributed by atoms with E-state index in [2.05, 4.69) is 21.0 Å². The fourth-order valence-corrected chi connectivity index (χ4v) is 4.49. The van der Waals surface area contributed by atoms with Crippen molar-refractivity contribution in [3.8, 4) is 5.75 Å². The normalized spacial score (nSPS) is 14.4. The van der Waals surface area contributed by atoms with Gasteiger partial charge in [0.25, 0.3) is 11.8 Å². The van der Waals surface area contributed by atoms with E-state index < -0.39 is 6.04 Å². The Kier molecular flexibility index (Phi) is 6.66. The molecule has 4 aromatic rings. The molecular formula is C28H24ClN5O3. The van der Waals surface area contributed by atoms with Crippen molar-refractivity contribution in [1.29, 1.82) is 0 Å². The summed E-state index contributed by atoms with van der Waals surface area (Å²) in [7, 11) is 1.58. The molecule has 1 aromatic heterocycles. The summed E-state index contributed by atoms with van der Waals surface area (Å²) in [5, 5.41) is 14.1. The number of nitrogens with zero attached hydrogens (tertiary/aromatic N) is 2. The molecule has 0 radical (unpaired) electrons. The molecule has 0 fully saturated rings. The molecule has 1 aliphatic rings. The Labute approximate surface area is 218 Å². The van der Waals surface area contributed by atoms with Gasteiger partial charge in [-0.2, -0.15) is 5.10 Å². The molecule has 37 heavy (non-hydrogen) atoms. The first-order chi connectivity index (χ1) is 17.9. The van der Waals surface area contributed by atoms with E-state index in [0.717, 1.165) is 5.56 Å². The number of anilines is 3. The molecule has 1 atom stereocenters. The molecule has 5 rings (SSSR count). The number of hydrogen-bond donors (Lipinski definition) is 3. The van der Waals surface area contributed by atoms with Gasteiger partial charge < -0.3 is 20.7 Å². The topological polar surface area (TPSA) is 97.3 Å². The summed E-state index contributed by atoms with van der Waals surface area (Å²) < 4.78 is 6.84. The molecular weight excluding hydrogens is 490 g/mol. The number of rotatable bonds is 6. The maximum Gasteiger partial charge on any atom is 0.261 e. The van der Waals surface area contributed by atoms with E-state index in [4.69, 9.17) is 16.3 Å². The molecule has 2 amide bonds. The molecule has 3 N–H and O–H groups in total. The summed E-state index contributed by atoms with van der Waals surface area (Å²) in [5.41, 5.74) is 3.44. The fourth-order valence-electron chi connectivity index (χ4n) is 4.29. The molecule has 0 saturated heterocycles. The third kappa shape index (κ3) is 4.92. The number of fused-ring (bicyclic) bond motifs is 1. The van der Waals surface area contributed by atoms with Gasteiger partial charge in [-0.05, 0) is 61.0 Å². The van der Waals surface area contributed by atoms with E-state index in [1.807, 2.05) is 42.5 Å². The minimum atomic E-state index is -0.619. The van der Waals surface area contributed by atoms with Gasteiger partial charge in [0.05, 0.1) is 18.9 Å². The van der Waals surface area contributed by atoms with Gasteiger partial charge in [-0.3, -0.25) is 9.59 Å². The highest BCUT2D eigenvalue weighted by molar-refractivity contribution is 6.30. The smallest absolute Gasteiger partial charge is 0.261 e. The third-order valence-electron chi connectivity index (χ3n) is 6.06. The molecule has 2 heterocycles. The standard InChI is InChI=1S/C28H24ClN5O3/c1-17-24(28(36)33-21-11-13-22(37-2)14-12-21)25(18-7-6-8-19(29)15-18)34-26(31-17)23(16-30-34)27(35)32-20-9-4-3-5-10-20/h3-16,25,31H,1-2H3,(H,32,35)(H,33,36)/t25-/m0/s1. The predicted octanol–water partition coefficient (Wildman–Crippen LogP) is 5.73. The number of ether oxygens (including phenoxy) is 1. The fraction of sp³-hybridized carbons (Fsp3) is 0.107. The molecule has 0 saturated carbocycles. The van der Waals surface area contributed by atoms with Crippen molar-refractivity contribution in [2.45, 2.75) is 13.0 Å². The van der Waals surface area contributed by atoms with Gasteiger partial charge in [-0.1, -0.05) is 41.9 Å². The molecule has 0 spiro atoms. The number of nitrogens with one attached hydrogen (secondary N) is 3. The molecule has 0 aliphatic carbocycles.